The van der Waals surface area contributed by atoms with Crippen molar-refractivity contribution in [2.45, 2.75) is 25.3 Å². The Morgan fingerprint density at radius 2 is 2.21 bits per heavy atom. The van der Waals surface area contributed by atoms with Gasteiger partial charge in [0.2, 0.25) is 0 Å². The summed E-state index contributed by atoms with van der Waals surface area (Å²) >= 11 is 6.43. The third-order valence-corrected chi connectivity index (χ3v) is 5.47. The molecular formula is C21H18ClN5O. The van der Waals surface area contributed by atoms with Gasteiger partial charge in [0.1, 0.15) is 11.8 Å². The van der Waals surface area contributed by atoms with Crippen molar-refractivity contribution in [3.05, 3.63) is 76.0 Å². The van der Waals surface area contributed by atoms with E-state index in [9.17, 15) is 5.26 Å². The molecule has 1 unspecified atom stereocenters. The molecule has 2 aromatic carbocycles. The van der Waals surface area contributed by atoms with Crippen molar-refractivity contribution in [3.8, 4) is 6.07 Å². The summed E-state index contributed by atoms with van der Waals surface area (Å²) in [5, 5.41) is 21.6. The van der Waals surface area contributed by atoms with Gasteiger partial charge in [-0.15, -0.1) is 0 Å². The number of fused-ring (bicyclic) bond motifs is 1. The standard InChI is InChI=1S/C21H18ClN5O/c22-20-12(9-23)4-6-14-15(20)2-1-3-18(14)27-13-5-7-17(24)16(8-13)21(25)19-10-26-11-28-19/h4-8,10-11,18,25,27H,1-3,24H2. The van der Waals surface area contributed by atoms with E-state index in [0.717, 1.165) is 36.1 Å². The Labute approximate surface area is 167 Å². The van der Waals surface area contributed by atoms with E-state index in [1.807, 2.05) is 18.2 Å². The fraction of sp³-hybridized carbons (Fsp3) is 0.190. The summed E-state index contributed by atoms with van der Waals surface area (Å²) in [6.45, 7) is 0. The van der Waals surface area contributed by atoms with Gasteiger partial charge in [0, 0.05) is 16.9 Å². The zero-order valence-electron chi connectivity index (χ0n) is 15.0. The largest absolute Gasteiger partial charge is 0.442 e. The molecule has 3 aromatic rings. The van der Waals surface area contributed by atoms with Crippen LogP contribution in [-0.2, 0) is 6.42 Å². The van der Waals surface area contributed by atoms with E-state index in [1.54, 1.807) is 12.1 Å². The molecule has 0 saturated carbocycles. The highest BCUT2D eigenvalue weighted by Crippen LogP contribution is 2.38. The second kappa shape index (κ2) is 7.37. The van der Waals surface area contributed by atoms with Crippen LogP contribution in [0.15, 0.2) is 47.3 Å². The van der Waals surface area contributed by atoms with Gasteiger partial charge in [0.05, 0.1) is 22.8 Å². The number of hydrogen-bond acceptors (Lipinski definition) is 6. The van der Waals surface area contributed by atoms with Crippen molar-refractivity contribution in [3.63, 3.8) is 0 Å². The van der Waals surface area contributed by atoms with Gasteiger partial charge in [0.15, 0.2) is 12.2 Å². The van der Waals surface area contributed by atoms with Crippen LogP contribution in [0.2, 0.25) is 5.02 Å². The molecule has 4 rings (SSSR count). The van der Waals surface area contributed by atoms with Crippen LogP contribution in [0.25, 0.3) is 0 Å². The van der Waals surface area contributed by atoms with Gasteiger partial charge >= 0.3 is 0 Å². The number of nitrogen functional groups attached to an aromatic ring is 1. The number of oxazole rings is 1. The van der Waals surface area contributed by atoms with Gasteiger partial charge in [-0.1, -0.05) is 17.7 Å². The Bertz CT molecular complexity index is 1080. The van der Waals surface area contributed by atoms with Crippen LogP contribution < -0.4 is 11.1 Å². The Hall–Kier alpha value is -3.30. The third-order valence-electron chi connectivity index (χ3n) is 5.04. The van der Waals surface area contributed by atoms with Crippen molar-refractivity contribution in [2.75, 3.05) is 11.1 Å². The maximum Gasteiger partial charge on any atom is 0.181 e. The molecule has 4 N–H and O–H groups in total. The Morgan fingerprint density at radius 1 is 1.36 bits per heavy atom. The molecule has 0 bridgehead atoms. The average molecular weight is 392 g/mol. The molecule has 0 aliphatic heterocycles. The first-order valence-electron chi connectivity index (χ1n) is 8.93. The maximum absolute atomic E-state index is 9.21. The number of nitriles is 1. The van der Waals surface area contributed by atoms with Gasteiger partial charge in [0.25, 0.3) is 0 Å². The topological polar surface area (TPSA) is 112 Å². The van der Waals surface area contributed by atoms with E-state index >= 15 is 0 Å². The van der Waals surface area contributed by atoms with Crippen molar-refractivity contribution < 1.29 is 4.42 Å². The highest BCUT2D eigenvalue weighted by atomic mass is 35.5. The summed E-state index contributed by atoms with van der Waals surface area (Å²) < 4.78 is 5.22. The minimum atomic E-state index is 0.0740. The number of nitrogens with zero attached hydrogens (tertiary/aromatic N) is 2. The molecule has 0 amide bonds. The zero-order chi connectivity index (χ0) is 19.7. The number of nitrogens with one attached hydrogen (secondary N) is 2. The van der Waals surface area contributed by atoms with Crippen LogP contribution in [0.1, 0.15) is 46.9 Å². The number of nitrogens with two attached hydrogens (primary N) is 1. The second-order valence-corrected chi connectivity index (χ2v) is 7.12. The molecule has 1 heterocycles. The summed E-state index contributed by atoms with van der Waals surface area (Å²) in [6, 6.07) is 11.5. The van der Waals surface area contributed by atoms with Crippen LogP contribution in [0.4, 0.5) is 11.4 Å². The first-order valence-corrected chi connectivity index (χ1v) is 9.31. The van der Waals surface area contributed by atoms with E-state index in [2.05, 4.69) is 16.4 Å². The lowest BCUT2D eigenvalue weighted by atomic mass is 9.86. The van der Waals surface area contributed by atoms with E-state index < -0.39 is 0 Å². The second-order valence-electron chi connectivity index (χ2n) is 6.74. The molecule has 0 radical (unpaired) electrons. The predicted molar refractivity (Wildman–Crippen MR) is 109 cm³/mol. The minimum absolute atomic E-state index is 0.0740. The first kappa shape index (κ1) is 18.1. The smallest absolute Gasteiger partial charge is 0.181 e. The molecular weight excluding hydrogens is 374 g/mol. The van der Waals surface area contributed by atoms with Gasteiger partial charge in [-0.2, -0.15) is 5.26 Å². The van der Waals surface area contributed by atoms with Crippen molar-refractivity contribution in [1.29, 1.82) is 10.7 Å². The number of rotatable bonds is 4. The monoisotopic (exact) mass is 391 g/mol. The molecule has 1 atom stereocenters. The Morgan fingerprint density at radius 3 is 2.96 bits per heavy atom. The van der Waals surface area contributed by atoms with Crippen LogP contribution in [0, 0.1) is 16.7 Å². The molecule has 1 aliphatic rings. The van der Waals surface area contributed by atoms with Crippen molar-refractivity contribution in [2.24, 2.45) is 0 Å². The van der Waals surface area contributed by atoms with Crippen LogP contribution in [-0.4, -0.2) is 10.7 Å². The van der Waals surface area contributed by atoms with Crippen molar-refractivity contribution in [1.82, 2.24) is 4.98 Å². The fourth-order valence-electron chi connectivity index (χ4n) is 3.63. The maximum atomic E-state index is 9.21. The number of anilines is 2. The summed E-state index contributed by atoms with van der Waals surface area (Å²) in [7, 11) is 0. The van der Waals surface area contributed by atoms with E-state index in [4.69, 9.17) is 27.2 Å². The van der Waals surface area contributed by atoms with E-state index in [-0.39, 0.29) is 11.8 Å². The van der Waals surface area contributed by atoms with Crippen LogP contribution in [0.5, 0.6) is 0 Å². The minimum Gasteiger partial charge on any atom is -0.442 e. The normalized spacial score (nSPS) is 15.5. The summed E-state index contributed by atoms with van der Waals surface area (Å²) in [6.07, 6.45) is 5.59. The van der Waals surface area contributed by atoms with E-state index in [1.165, 1.54) is 12.6 Å². The number of hydrogen-bond donors (Lipinski definition) is 3. The molecule has 0 spiro atoms. The molecule has 0 fully saturated rings. The highest BCUT2D eigenvalue weighted by Gasteiger charge is 2.24. The highest BCUT2D eigenvalue weighted by molar-refractivity contribution is 6.32. The molecule has 7 heteroatoms. The summed E-state index contributed by atoms with van der Waals surface area (Å²) in [4.78, 5) is 3.86. The molecule has 0 saturated heterocycles. The predicted octanol–water partition coefficient (Wildman–Crippen LogP) is 4.69. The molecule has 1 aliphatic carbocycles. The van der Waals surface area contributed by atoms with Crippen molar-refractivity contribution >= 4 is 28.7 Å². The van der Waals surface area contributed by atoms with Crippen LogP contribution >= 0.6 is 11.6 Å². The molecule has 140 valence electrons. The summed E-state index contributed by atoms with van der Waals surface area (Å²) in [5.74, 6) is 0.364. The Balaban J connectivity index is 1.65. The lowest BCUT2D eigenvalue weighted by Crippen LogP contribution is -2.18. The van der Waals surface area contributed by atoms with Gasteiger partial charge in [-0.05, 0) is 54.7 Å². The number of aromatic nitrogens is 1. The van der Waals surface area contributed by atoms with E-state index in [0.29, 0.717) is 27.6 Å². The molecule has 28 heavy (non-hydrogen) atoms. The van der Waals surface area contributed by atoms with Gasteiger partial charge in [-0.3, -0.25) is 5.41 Å². The lowest BCUT2D eigenvalue weighted by Gasteiger charge is -2.28. The average Bonchev–Trinajstić information content (AvgIpc) is 3.24. The third kappa shape index (κ3) is 3.21. The SMILES string of the molecule is N#Cc1ccc2c(c1Cl)CCCC2Nc1ccc(N)c(C(=N)c2cnco2)c1. The van der Waals surface area contributed by atoms with Gasteiger partial charge in [-0.25, -0.2) is 4.98 Å². The Kier molecular flexibility index (Phi) is 4.76. The fourth-order valence-corrected chi connectivity index (χ4v) is 3.94. The molecule has 1 aromatic heterocycles. The van der Waals surface area contributed by atoms with Gasteiger partial charge < -0.3 is 15.5 Å². The number of benzene rings is 2. The number of halogens is 1. The molecule has 6 nitrogen and oxygen atoms in total. The summed E-state index contributed by atoms with van der Waals surface area (Å²) in [5.41, 5.74) is 10.9. The quantitative estimate of drug-likeness (QED) is 0.441. The lowest BCUT2D eigenvalue weighted by molar-refractivity contribution is 0.548. The zero-order valence-corrected chi connectivity index (χ0v) is 15.8. The van der Waals surface area contributed by atoms with Crippen LogP contribution in [0.3, 0.4) is 0 Å². The first-order chi connectivity index (χ1) is 13.6.